The van der Waals surface area contributed by atoms with E-state index >= 15 is 0 Å². The lowest BCUT2D eigenvalue weighted by Crippen LogP contribution is -2.17. The van der Waals surface area contributed by atoms with Crippen LogP contribution >= 0.6 is 45.9 Å². The molecule has 0 aliphatic rings. The third kappa shape index (κ3) is 5.23. The second-order valence-corrected chi connectivity index (χ2v) is 8.25. The summed E-state index contributed by atoms with van der Waals surface area (Å²) in [6.45, 7) is 2.90. The fourth-order valence-electron chi connectivity index (χ4n) is 2.54. The number of hydrogen-bond donors (Lipinski definition) is 0. The van der Waals surface area contributed by atoms with Crippen molar-refractivity contribution in [3.8, 4) is 10.6 Å². The number of halogens is 2. The Morgan fingerprint density at radius 2 is 2.07 bits per heavy atom. The first-order valence-electron chi connectivity index (χ1n) is 8.46. The molecular formula is C19H18Cl2N2O2S2. The Kier molecular flexibility index (Phi) is 7.13. The zero-order valence-corrected chi connectivity index (χ0v) is 17.8. The molecule has 27 heavy (non-hydrogen) atoms. The molecule has 4 nitrogen and oxygen atoms in total. The first-order valence-corrected chi connectivity index (χ1v) is 11.0. The molecule has 0 saturated carbocycles. The van der Waals surface area contributed by atoms with Crippen LogP contribution in [0.25, 0.3) is 10.6 Å². The predicted molar refractivity (Wildman–Crippen MR) is 113 cm³/mol. The minimum absolute atomic E-state index is 0.172. The number of hydrogen-bond acceptors (Lipinski definition) is 5. The van der Waals surface area contributed by atoms with Crippen LogP contribution in [0.1, 0.15) is 19.8 Å². The molecule has 0 radical (unpaired) electrons. The minimum Gasteiger partial charge on any atom is -0.466 e. The SMILES string of the molecule is CCOC(=O)CCCn1c(-c2cccs2)csc1=Nc1ccc(Cl)c(Cl)c1. The molecule has 142 valence electrons. The summed E-state index contributed by atoms with van der Waals surface area (Å²) in [4.78, 5) is 18.4. The van der Waals surface area contributed by atoms with Crippen molar-refractivity contribution >= 4 is 57.5 Å². The van der Waals surface area contributed by atoms with Gasteiger partial charge in [0.25, 0.3) is 0 Å². The van der Waals surface area contributed by atoms with E-state index in [1.54, 1.807) is 34.8 Å². The summed E-state index contributed by atoms with van der Waals surface area (Å²) in [5.74, 6) is -0.172. The highest BCUT2D eigenvalue weighted by atomic mass is 35.5. The van der Waals surface area contributed by atoms with Gasteiger partial charge in [-0.15, -0.1) is 22.7 Å². The number of rotatable bonds is 7. The number of thiazole rings is 1. The number of ether oxygens (including phenoxy) is 1. The number of benzene rings is 1. The van der Waals surface area contributed by atoms with Crippen LogP contribution in [0.15, 0.2) is 46.1 Å². The van der Waals surface area contributed by atoms with Gasteiger partial charge in [0.2, 0.25) is 0 Å². The molecule has 2 aromatic heterocycles. The Balaban J connectivity index is 1.92. The molecule has 0 atom stereocenters. The fraction of sp³-hybridized carbons (Fsp3) is 0.263. The van der Waals surface area contributed by atoms with E-state index in [0.717, 1.165) is 21.1 Å². The average molecular weight is 441 g/mol. The normalized spacial score (nSPS) is 11.7. The van der Waals surface area contributed by atoms with Crippen molar-refractivity contribution in [2.75, 3.05) is 6.61 Å². The van der Waals surface area contributed by atoms with E-state index in [0.29, 0.717) is 36.0 Å². The van der Waals surface area contributed by atoms with Crippen molar-refractivity contribution in [1.82, 2.24) is 4.57 Å². The molecule has 8 heteroatoms. The third-order valence-electron chi connectivity index (χ3n) is 3.77. The van der Waals surface area contributed by atoms with E-state index in [2.05, 4.69) is 16.0 Å². The van der Waals surface area contributed by atoms with E-state index < -0.39 is 0 Å². The lowest BCUT2D eigenvalue weighted by Gasteiger charge is -2.08. The second-order valence-electron chi connectivity index (χ2n) is 5.65. The van der Waals surface area contributed by atoms with Crippen molar-refractivity contribution in [3.63, 3.8) is 0 Å². The Labute approximate surface area is 175 Å². The van der Waals surface area contributed by atoms with Crippen LogP contribution in [-0.4, -0.2) is 17.1 Å². The van der Waals surface area contributed by atoms with Crippen molar-refractivity contribution in [1.29, 1.82) is 0 Å². The topological polar surface area (TPSA) is 43.6 Å². The van der Waals surface area contributed by atoms with Crippen LogP contribution in [0.3, 0.4) is 0 Å². The third-order valence-corrected chi connectivity index (χ3v) is 6.26. The summed E-state index contributed by atoms with van der Waals surface area (Å²) in [6, 6.07) is 9.43. The molecule has 0 aliphatic carbocycles. The summed E-state index contributed by atoms with van der Waals surface area (Å²) in [6.07, 6.45) is 1.06. The second kappa shape index (κ2) is 9.55. The Hall–Kier alpha value is -1.60. The molecule has 3 rings (SSSR count). The Morgan fingerprint density at radius 3 is 2.78 bits per heavy atom. The number of esters is 1. The lowest BCUT2D eigenvalue weighted by atomic mass is 10.3. The smallest absolute Gasteiger partial charge is 0.305 e. The molecule has 3 aromatic rings. The number of thiophene rings is 1. The van der Waals surface area contributed by atoms with Crippen LogP contribution in [0.4, 0.5) is 5.69 Å². The van der Waals surface area contributed by atoms with Gasteiger partial charge in [0.1, 0.15) is 0 Å². The number of aromatic nitrogens is 1. The van der Waals surface area contributed by atoms with Crippen LogP contribution in [-0.2, 0) is 16.1 Å². The van der Waals surface area contributed by atoms with Crippen molar-refractivity contribution in [2.24, 2.45) is 4.99 Å². The van der Waals surface area contributed by atoms with Gasteiger partial charge in [-0.05, 0) is 43.0 Å². The van der Waals surface area contributed by atoms with Gasteiger partial charge in [-0.1, -0.05) is 29.3 Å². The molecule has 0 amide bonds. The predicted octanol–water partition coefficient (Wildman–Crippen LogP) is 6.16. The van der Waals surface area contributed by atoms with Crippen molar-refractivity contribution < 1.29 is 9.53 Å². The summed E-state index contributed by atoms with van der Waals surface area (Å²) < 4.78 is 7.16. The lowest BCUT2D eigenvalue weighted by molar-refractivity contribution is -0.143. The van der Waals surface area contributed by atoms with Gasteiger partial charge in [-0.2, -0.15) is 0 Å². The number of carbonyl (C=O) groups excluding carboxylic acids is 1. The fourth-order valence-corrected chi connectivity index (χ4v) is 4.60. The van der Waals surface area contributed by atoms with Crippen LogP contribution < -0.4 is 4.80 Å². The highest BCUT2D eigenvalue weighted by Crippen LogP contribution is 2.28. The maximum atomic E-state index is 11.7. The van der Waals surface area contributed by atoms with Gasteiger partial charge in [-0.3, -0.25) is 4.79 Å². The highest BCUT2D eigenvalue weighted by molar-refractivity contribution is 7.14. The van der Waals surface area contributed by atoms with Gasteiger partial charge < -0.3 is 9.30 Å². The van der Waals surface area contributed by atoms with Crippen molar-refractivity contribution in [3.05, 3.63) is 55.9 Å². The first kappa shape index (κ1) is 20.1. The van der Waals surface area contributed by atoms with Crippen molar-refractivity contribution in [2.45, 2.75) is 26.3 Å². The quantitative estimate of drug-likeness (QED) is 0.412. The molecule has 0 aliphatic heterocycles. The zero-order valence-electron chi connectivity index (χ0n) is 14.7. The maximum absolute atomic E-state index is 11.7. The minimum atomic E-state index is -0.172. The van der Waals surface area contributed by atoms with Crippen LogP contribution in [0, 0.1) is 0 Å². The van der Waals surface area contributed by atoms with Gasteiger partial charge >= 0.3 is 5.97 Å². The monoisotopic (exact) mass is 440 g/mol. The molecule has 1 aromatic carbocycles. The van der Waals surface area contributed by atoms with Crippen LogP contribution in [0.2, 0.25) is 10.0 Å². The summed E-state index contributed by atoms with van der Waals surface area (Å²) in [7, 11) is 0. The average Bonchev–Trinajstić information content (AvgIpc) is 3.29. The van der Waals surface area contributed by atoms with Crippen LogP contribution in [0.5, 0.6) is 0 Å². The molecule has 0 N–H and O–H groups in total. The van der Waals surface area contributed by atoms with Gasteiger partial charge in [-0.25, -0.2) is 4.99 Å². The molecule has 2 heterocycles. The van der Waals surface area contributed by atoms with E-state index in [-0.39, 0.29) is 5.97 Å². The number of carbonyl (C=O) groups is 1. The molecule has 0 saturated heterocycles. The maximum Gasteiger partial charge on any atom is 0.305 e. The van der Waals surface area contributed by atoms with Gasteiger partial charge in [0.05, 0.1) is 32.9 Å². The summed E-state index contributed by atoms with van der Waals surface area (Å²) in [5, 5.41) is 5.11. The first-order chi connectivity index (χ1) is 13.1. The number of nitrogens with zero attached hydrogens (tertiary/aromatic N) is 2. The largest absolute Gasteiger partial charge is 0.466 e. The van der Waals surface area contributed by atoms with E-state index in [9.17, 15) is 4.79 Å². The standard InChI is InChI=1S/C19H18Cl2N2O2S2/c1-2-25-18(24)6-3-9-23-16(17-5-4-10-26-17)12-27-19(23)22-13-7-8-14(20)15(21)11-13/h4-5,7-8,10-12H,2-3,6,9H2,1H3. The van der Waals surface area contributed by atoms with E-state index in [1.165, 1.54) is 0 Å². The summed E-state index contributed by atoms with van der Waals surface area (Å²) >= 11 is 15.3. The zero-order chi connectivity index (χ0) is 19.2. The van der Waals surface area contributed by atoms with E-state index in [1.807, 2.05) is 24.4 Å². The molecule has 0 fully saturated rings. The summed E-state index contributed by atoms with van der Waals surface area (Å²) in [5.41, 5.74) is 1.83. The van der Waals surface area contributed by atoms with Gasteiger partial charge in [0.15, 0.2) is 4.80 Å². The Morgan fingerprint density at radius 1 is 1.22 bits per heavy atom. The highest BCUT2D eigenvalue weighted by Gasteiger charge is 2.11. The molecule has 0 unspecified atom stereocenters. The molecule has 0 spiro atoms. The molecular weight excluding hydrogens is 423 g/mol. The van der Waals surface area contributed by atoms with Gasteiger partial charge in [0, 0.05) is 18.3 Å². The molecule has 0 bridgehead atoms. The van der Waals surface area contributed by atoms with E-state index in [4.69, 9.17) is 32.9 Å². The Bertz CT molecular complexity index is 978.